The van der Waals surface area contributed by atoms with Gasteiger partial charge in [-0.3, -0.25) is 0 Å². The molecule has 1 atom stereocenters. The third-order valence-corrected chi connectivity index (χ3v) is 3.92. The molecule has 1 aromatic carbocycles. The fourth-order valence-electron chi connectivity index (χ4n) is 2.26. The molecule has 1 aromatic rings. The zero-order valence-electron chi connectivity index (χ0n) is 13.0. The molecule has 1 fully saturated rings. The van der Waals surface area contributed by atoms with Crippen LogP contribution in [0.2, 0.25) is 0 Å². The maximum absolute atomic E-state index is 11.9. The minimum absolute atomic E-state index is 0.225. The highest BCUT2D eigenvalue weighted by atomic mass is 79.9. The standard InChI is InChI=1S/C16H23BrN2O2/c1-11(12-5-7-13(17)8-6-12)18-14-9-19(10-14)15(20)21-16(2,3)4/h5-8,11,14,18H,9-10H2,1-4H3/t11-/m0/s1. The van der Waals surface area contributed by atoms with Crippen LogP contribution >= 0.6 is 15.9 Å². The van der Waals surface area contributed by atoms with Gasteiger partial charge in [0.1, 0.15) is 5.60 Å². The van der Waals surface area contributed by atoms with Crippen LogP contribution in [0.25, 0.3) is 0 Å². The molecule has 5 heteroatoms. The Hall–Kier alpha value is -1.07. The number of hydrogen-bond donors (Lipinski definition) is 1. The summed E-state index contributed by atoms with van der Waals surface area (Å²) in [5.41, 5.74) is 0.814. The Morgan fingerprint density at radius 1 is 1.33 bits per heavy atom. The summed E-state index contributed by atoms with van der Waals surface area (Å²) in [7, 11) is 0. The molecule has 0 saturated carbocycles. The number of carbonyl (C=O) groups is 1. The molecule has 1 aliphatic heterocycles. The molecule has 1 saturated heterocycles. The summed E-state index contributed by atoms with van der Waals surface area (Å²) in [6.07, 6.45) is -0.225. The van der Waals surface area contributed by atoms with E-state index >= 15 is 0 Å². The largest absolute Gasteiger partial charge is 0.444 e. The van der Waals surface area contributed by atoms with Gasteiger partial charge >= 0.3 is 6.09 Å². The van der Waals surface area contributed by atoms with Gasteiger partial charge in [-0.1, -0.05) is 28.1 Å². The Morgan fingerprint density at radius 2 is 1.90 bits per heavy atom. The molecular formula is C16H23BrN2O2. The van der Waals surface area contributed by atoms with Crippen LogP contribution < -0.4 is 5.32 Å². The number of hydrogen-bond acceptors (Lipinski definition) is 3. The topological polar surface area (TPSA) is 41.6 Å². The normalized spacial score (nSPS) is 17.3. The summed E-state index contributed by atoms with van der Waals surface area (Å²) in [4.78, 5) is 13.6. The smallest absolute Gasteiger partial charge is 0.410 e. The lowest BCUT2D eigenvalue weighted by Crippen LogP contribution is -2.60. The van der Waals surface area contributed by atoms with Crippen molar-refractivity contribution >= 4 is 22.0 Å². The predicted molar refractivity (Wildman–Crippen MR) is 87.3 cm³/mol. The van der Waals surface area contributed by atoms with E-state index < -0.39 is 5.60 Å². The molecule has 21 heavy (non-hydrogen) atoms. The molecule has 4 nitrogen and oxygen atoms in total. The molecular weight excluding hydrogens is 332 g/mol. The van der Waals surface area contributed by atoms with Crippen LogP contribution in [0.1, 0.15) is 39.3 Å². The van der Waals surface area contributed by atoms with Gasteiger partial charge in [-0.25, -0.2) is 4.79 Å². The summed E-state index contributed by atoms with van der Waals surface area (Å²) >= 11 is 3.44. The average molecular weight is 355 g/mol. The van der Waals surface area contributed by atoms with E-state index in [0.717, 1.165) is 4.47 Å². The first-order chi connectivity index (χ1) is 9.74. The van der Waals surface area contributed by atoms with Crippen molar-refractivity contribution in [3.8, 4) is 0 Å². The lowest BCUT2D eigenvalue weighted by molar-refractivity contribution is 0.00434. The minimum atomic E-state index is -0.430. The third-order valence-electron chi connectivity index (χ3n) is 3.39. The summed E-state index contributed by atoms with van der Waals surface area (Å²) in [6.45, 7) is 9.20. The van der Waals surface area contributed by atoms with Gasteiger partial charge in [0.25, 0.3) is 0 Å². The van der Waals surface area contributed by atoms with Crippen LogP contribution in [0.5, 0.6) is 0 Å². The van der Waals surface area contributed by atoms with Gasteiger partial charge in [-0.05, 0) is 45.4 Å². The number of benzene rings is 1. The van der Waals surface area contributed by atoms with Crippen molar-refractivity contribution < 1.29 is 9.53 Å². The number of halogens is 1. The zero-order valence-corrected chi connectivity index (χ0v) is 14.6. The van der Waals surface area contributed by atoms with Gasteiger partial charge in [-0.15, -0.1) is 0 Å². The molecule has 0 spiro atoms. The summed E-state index contributed by atoms with van der Waals surface area (Å²) < 4.78 is 6.43. The number of likely N-dealkylation sites (tertiary alicyclic amines) is 1. The van der Waals surface area contributed by atoms with Crippen molar-refractivity contribution in [2.45, 2.75) is 45.4 Å². The number of amides is 1. The van der Waals surface area contributed by atoms with E-state index in [4.69, 9.17) is 4.74 Å². The Bertz CT molecular complexity index is 490. The monoisotopic (exact) mass is 354 g/mol. The predicted octanol–water partition coefficient (Wildman–Crippen LogP) is 3.72. The molecule has 1 aliphatic rings. The molecule has 2 rings (SSSR count). The van der Waals surface area contributed by atoms with E-state index in [0.29, 0.717) is 19.1 Å². The number of nitrogens with zero attached hydrogens (tertiary/aromatic N) is 1. The minimum Gasteiger partial charge on any atom is -0.444 e. The highest BCUT2D eigenvalue weighted by molar-refractivity contribution is 9.10. The van der Waals surface area contributed by atoms with Gasteiger partial charge < -0.3 is 15.0 Å². The van der Waals surface area contributed by atoms with Crippen LogP contribution in [0.4, 0.5) is 4.79 Å². The first kappa shape index (κ1) is 16.3. The van der Waals surface area contributed by atoms with E-state index in [1.165, 1.54) is 5.56 Å². The van der Waals surface area contributed by atoms with Crippen LogP contribution in [-0.4, -0.2) is 35.7 Å². The highest BCUT2D eigenvalue weighted by Gasteiger charge is 2.34. The van der Waals surface area contributed by atoms with E-state index in [2.05, 4.69) is 40.3 Å². The molecule has 0 radical (unpaired) electrons. The average Bonchev–Trinajstić information content (AvgIpc) is 2.31. The summed E-state index contributed by atoms with van der Waals surface area (Å²) in [5.74, 6) is 0. The van der Waals surface area contributed by atoms with E-state index in [1.807, 2.05) is 32.9 Å². The van der Waals surface area contributed by atoms with Gasteiger partial charge in [0.2, 0.25) is 0 Å². The zero-order chi connectivity index (χ0) is 15.6. The van der Waals surface area contributed by atoms with E-state index in [1.54, 1.807) is 4.90 Å². The van der Waals surface area contributed by atoms with Crippen LogP contribution in [0, 0.1) is 0 Å². The number of carbonyl (C=O) groups excluding carboxylic acids is 1. The first-order valence-corrected chi connectivity index (χ1v) is 8.03. The lowest BCUT2D eigenvalue weighted by atomic mass is 10.0. The molecule has 1 N–H and O–H groups in total. The summed E-state index contributed by atoms with van der Waals surface area (Å²) in [6, 6.07) is 8.89. The molecule has 0 aliphatic carbocycles. The van der Waals surface area contributed by atoms with Crippen molar-refractivity contribution in [1.29, 1.82) is 0 Å². The van der Waals surface area contributed by atoms with Crippen LogP contribution in [0.15, 0.2) is 28.7 Å². The van der Waals surface area contributed by atoms with Crippen LogP contribution in [0.3, 0.4) is 0 Å². The molecule has 1 amide bonds. The van der Waals surface area contributed by atoms with Gasteiger partial charge in [-0.2, -0.15) is 0 Å². The second-order valence-corrected chi connectivity index (χ2v) is 7.44. The molecule has 0 aromatic heterocycles. The van der Waals surface area contributed by atoms with Gasteiger partial charge in [0.15, 0.2) is 0 Å². The maximum Gasteiger partial charge on any atom is 0.410 e. The van der Waals surface area contributed by atoms with Crippen LogP contribution in [-0.2, 0) is 4.74 Å². The maximum atomic E-state index is 11.9. The van der Waals surface area contributed by atoms with E-state index in [9.17, 15) is 4.79 Å². The fourth-order valence-corrected chi connectivity index (χ4v) is 2.53. The molecule has 0 bridgehead atoms. The quantitative estimate of drug-likeness (QED) is 0.899. The van der Waals surface area contributed by atoms with Crippen molar-refractivity contribution in [2.24, 2.45) is 0 Å². The second kappa shape index (κ2) is 6.36. The van der Waals surface area contributed by atoms with Gasteiger partial charge in [0.05, 0.1) is 0 Å². The highest BCUT2D eigenvalue weighted by Crippen LogP contribution is 2.20. The fraction of sp³-hybridized carbons (Fsp3) is 0.562. The van der Waals surface area contributed by atoms with Crippen molar-refractivity contribution in [3.63, 3.8) is 0 Å². The Morgan fingerprint density at radius 3 is 2.43 bits per heavy atom. The first-order valence-electron chi connectivity index (χ1n) is 7.24. The van der Waals surface area contributed by atoms with Crippen molar-refractivity contribution in [2.75, 3.05) is 13.1 Å². The third kappa shape index (κ3) is 4.71. The Balaban J connectivity index is 1.77. The number of rotatable bonds is 3. The Kier molecular flexibility index (Phi) is 4.94. The molecule has 1 heterocycles. The summed E-state index contributed by atoms with van der Waals surface area (Å²) in [5, 5.41) is 3.54. The number of ether oxygens (including phenoxy) is 1. The lowest BCUT2D eigenvalue weighted by Gasteiger charge is -2.41. The number of nitrogens with one attached hydrogen (secondary N) is 1. The Labute approximate surface area is 135 Å². The van der Waals surface area contributed by atoms with E-state index in [-0.39, 0.29) is 12.1 Å². The van der Waals surface area contributed by atoms with Crippen molar-refractivity contribution in [1.82, 2.24) is 10.2 Å². The molecule has 0 unspecified atom stereocenters. The second-order valence-electron chi connectivity index (χ2n) is 6.52. The molecule has 116 valence electrons. The van der Waals surface area contributed by atoms with Crippen molar-refractivity contribution in [3.05, 3.63) is 34.3 Å². The SMILES string of the molecule is C[C@H](NC1CN(C(=O)OC(C)(C)C)C1)c1ccc(Br)cc1. The van der Waals surface area contributed by atoms with Gasteiger partial charge in [0, 0.05) is 29.6 Å².